The van der Waals surface area contributed by atoms with Gasteiger partial charge in [0.15, 0.2) is 6.29 Å². The van der Waals surface area contributed by atoms with Crippen LogP contribution in [0.5, 0.6) is 0 Å². The largest absolute Gasteiger partial charge is 0.353 e. The highest BCUT2D eigenvalue weighted by molar-refractivity contribution is 5.00. The van der Waals surface area contributed by atoms with Gasteiger partial charge in [0, 0.05) is 6.61 Å². The molecule has 2 heteroatoms. The lowest BCUT2D eigenvalue weighted by atomic mass is 10.4. The molecular formula is C12H22O2. The van der Waals surface area contributed by atoms with Gasteiger partial charge in [-0.2, -0.15) is 0 Å². The van der Waals surface area contributed by atoms with Gasteiger partial charge in [-0.15, -0.1) is 0 Å². The molecule has 0 bridgehead atoms. The van der Waals surface area contributed by atoms with E-state index in [1.165, 1.54) is 0 Å². The van der Waals surface area contributed by atoms with Gasteiger partial charge < -0.3 is 9.47 Å². The maximum Gasteiger partial charge on any atom is 0.155 e. The first-order valence-corrected chi connectivity index (χ1v) is 5.32. The molecule has 0 aromatic heterocycles. The number of rotatable bonds is 8. The molecule has 14 heavy (non-hydrogen) atoms. The van der Waals surface area contributed by atoms with Gasteiger partial charge in [-0.25, -0.2) is 0 Å². The topological polar surface area (TPSA) is 18.5 Å². The molecule has 0 saturated carbocycles. The third-order valence-electron chi connectivity index (χ3n) is 1.72. The van der Waals surface area contributed by atoms with E-state index in [9.17, 15) is 0 Å². The van der Waals surface area contributed by atoms with E-state index in [-0.39, 0.29) is 6.29 Å². The molecule has 0 radical (unpaired) electrons. The molecular weight excluding hydrogens is 176 g/mol. The quantitative estimate of drug-likeness (QED) is 0.338. The molecule has 82 valence electrons. The maximum atomic E-state index is 5.41. The van der Waals surface area contributed by atoms with Crippen LogP contribution in [0.25, 0.3) is 0 Å². The van der Waals surface area contributed by atoms with E-state index in [1.54, 1.807) is 0 Å². The lowest BCUT2D eigenvalue weighted by Crippen LogP contribution is -2.13. The Kier molecular flexibility index (Phi) is 10.0. The summed E-state index contributed by atoms with van der Waals surface area (Å²) in [6.07, 6.45) is 10.1. The minimum absolute atomic E-state index is 0.100. The van der Waals surface area contributed by atoms with Gasteiger partial charge in [-0.1, -0.05) is 37.6 Å². The molecule has 0 rings (SSSR count). The van der Waals surface area contributed by atoms with Crippen LogP contribution in [0, 0.1) is 0 Å². The molecule has 0 aromatic carbocycles. The second-order valence-corrected chi connectivity index (χ2v) is 3.08. The summed E-state index contributed by atoms with van der Waals surface area (Å²) >= 11 is 0. The van der Waals surface area contributed by atoms with E-state index in [4.69, 9.17) is 9.47 Å². The summed E-state index contributed by atoms with van der Waals surface area (Å²) in [6, 6.07) is 0. The van der Waals surface area contributed by atoms with Gasteiger partial charge in [0.25, 0.3) is 0 Å². The van der Waals surface area contributed by atoms with Gasteiger partial charge >= 0.3 is 0 Å². The highest BCUT2D eigenvalue weighted by Gasteiger charge is 1.98. The number of unbranched alkanes of at least 4 members (excludes halogenated alkanes) is 1. The molecule has 1 unspecified atom stereocenters. The molecule has 0 aliphatic carbocycles. The number of ether oxygens (including phenoxy) is 2. The highest BCUT2D eigenvalue weighted by Crippen LogP contribution is 1.96. The van der Waals surface area contributed by atoms with Crippen LogP contribution in [0.15, 0.2) is 24.3 Å². The Hall–Kier alpha value is -0.600. The van der Waals surface area contributed by atoms with E-state index in [0.29, 0.717) is 6.61 Å². The van der Waals surface area contributed by atoms with Crippen molar-refractivity contribution in [2.45, 2.75) is 39.9 Å². The van der Waals surface area contributed by atoms with Crippen molar-refractivity contribution in [3.63, 3.8) is 0 Å². The van der Waals surface area contributed by atoms with Crippen molar-refractivity contribution in [3.8, 4) is 0 Å². The fraction of sp³-hybridized carbons (Fsp3) is 0.667. The van der Waals surface area contributed by atoms with Crippen molar-refractivity contribution >= 4 is 0 Å². The van der Waals surface area contributed by atoms with Crippen molar-refractivity contribution in [1.82, 2.24) is 0 Å². The van der Waals surface area contributed by atoms with Crippen LogP contribution < -0.4 is 0 Å². The van der Waals surface area contributed by atoms with Crippen LogP contribution in [0.4, 0.5) is 0 Å². The first kappa shape index (κ1) is 13.4. The Morgan fingerprint density at radius 1 is 1.21 bits per heavy atom. The molecule has 0 heterocycles. The molecule has 0 aromatic rings. The van der Waals surface area contributed by atoms with Crippen molar-refractivity contribution in [2.24, 2.45) is 0 Å². The molecule has 2 nitrogen and oxygen atoms in total. The summed E-state index contributed by atoms with van der Waals surface area (Å²) in [7, 11) is 0. The van der Waals surface area contributed by atoms with E-state index < -0.39 is 0 Å². The van der Waals surface area contributed by atoms with E-state index in [1.807, 2.05) is 38.2 Å². The van der Waals surface area contributed by atoms with Crippen LogP contribution in [0.1, 0.15) is 33.6 Å². The summed E-state index contributed by atoms with van der Waals surface area (Å²) < 4.78 is 10.8. The smallest absolute Gasteiger partial charge is 0.155 e. The summed E-state index contributed by atoms with van der Waals surface area (Å²) in [6.45, 7) is 7.46. The minimum Gasteiger partial charge on any atom is -0.353 e. The zero-order chi connectivity index (χ0) is 10.6. The Bertz CT molecular complexity index is 162. The molecule has 0 N–H and O–H groups in total. The van der Waals surface area contributed by atoms with Gasteiger partial charge in [-0.05, 0) is 20.3 Å². The number of allylic oxidation sites excluding steroid dienone is 3. The molecule has 0 saturated heterocycles. The molecule has 0 amide bonds. The molecule has 0 spiro atoms. The first-order valence-electron chi connectivity index (χ1n) is 5.32. The lowest BCUT2D eigenvalue weighted by Gasteiger charge is -2.12. The van der Waals surface area contributed by atoms with Crippen LogP contribution in [0.3, 0.4) is 0 Å². The number of hydrogen-bond donors (Lipinski definition) is 0. The second-order valence-electron chi connectivity index (χ2n) is 3.08. The van der Waals surface area contributed by atoms with Crippen molar-refractivity contribution < 1.29 is 9.47 Å². The molecule has 1 atom stereocenters. The monoisotopic (exact) mass is 198 g/mol. The predicted molar refractivity (Wildman–Crippen MR) is 60.2 cm³/mol. The first-order chi connectivity index (χ1) is 6.81. The second kappa shape index (κ2) is 10.5. The fourth-order valence-electron chi connectivity index (χ4n) is 0.878. The Morgan fingerprint density at radius 2 is 2.00 bits per heavy atom. The van der Waals surface area contributed by atoms with E-state index >= 15 is 0 Å². The van der Waals surface area contributed by atoms with Crippen LogP contribution in [-0.2, 0) is 9.47 Å². The zero-order valence-corrected chi connectivity index (χ0v) is 9.53. The average Bonchev–Trinajstić information content (AvgIpc) is 2.18. The van der Waals surface area contributed by atoms with Gasteiger partial charge in [0.1, 0.15) is 0 Å². The molecule has 0 aliphatic rings. The predicted octanol–water partition coefficient (Wildman–Crippen LogP) is 3.30. The molecule has 0 fully saturated rings. The van der Waals surface area contributed by atoms with Crippen molar-refractivity contribution in [3.05, 3.63) is 24.3 Å². The summed E-state index contributed by atoms with van der Waals surface area (Å²) in [5.41, 5.74) is 0. The van der Waals surface area contributed by atoms with Gasteiger partial charge in [-0.3, -0.25) is 0 Å². The Labute approximate surface area is 87.6 Å². The van der Waals surface area contributed by atoms with Crippen molar-refractivity contribution in [1.29, 1.82) is 0 Å². The Morgan fingerprint density at radius 3 is 2.64 bits per heavy atom. The van der Waals surface area contributed by atoms with Crippen LogP contribution >= 0.6 is 0 Å². The highest BCUT2D eigenvalue weighted by atomic mass is 16.7. The minimum atomic E-state index is -0.100. The maximum absolute atomic E-state index is 5.41. The van der Waals surface area contributed by atoms with Crippen molar-refractivity contribution in [2.75, 3.05) is 13.2 Å². The van der Waals surface area contributed by atoms with E-state index in [2.05, 4.69) is 6.92 Å². The zero-order valence-electron chi connectivity index (χ0n) is 9.53. The Balaban J connectivity index is 3.30. The third-order valence-corrected chi connectivity index (χ3v) is 1.72. The normalized spacial score (nSPS) is 14.2. The summed E-state index contributed by atoms with van der Waals surface area (Å²) in [5, 5.41) is 0. The standard InChI is InChI=1S/C12H22O2/c1-4-6-8-9-11-14-12(3)13-10-7-5-2/h4,6,8-9,12H,5,7,10-11H2,1-3H3. The van der Waals surface area contributed by atoms with Gasteiger partial charge in [0.05, 0.1) is 6.61 Å². The summed E-state index contributed by atoms with van der Waals surface area (Å²) in [5.74, 6) is 0. The van der Waals surface area contributed by atoms with Crippen LogP contribution in [-0.4, -0.2) is 19.5 Å². The average molecular weight is 198 g/mol. The summed E-state index contributed by atoms with van der Waals surface area (Å²) in [4.78, 5) is 0. The number of hydrogen-bond acceptors (Lipinski definition) is 2. The fourth-order valence-corrected chi connectivity index (χ4v) is 0.878. The van der Waals surface area contributed by atoms with Crippen LogP contribution in [0.2, 0.25) is 0 Å². The third kappa shape index (κ3) is 9.49. The SMILES string of the molecule is CC=CC=CCOC(C)OCCCC. The van der Waals surface area contributed by atoms with E-state index in [0.717, 1.165) is 19.4 Å². The van der Waals surface area contributed by atoms with Gasteiger partial charge in [0.2, 0.25) is 0 Å². The lowest BCUT2D eigenvalue weighted by molar-refractivity contribution is -0.122. The molecule has 0 aliphatic heterocycles.